The summed E-state index contributed by atoms with van der Waals surface area (Å²) >= 11 is 0. The molecular weight excluding hydrogens is 219 g/mol. The molecule has 2 nitrogen and oxygen atoms in total. The first kappa shape index (κ1) is 12.1. The summed E-state index contributed by atoms with van der Waals surface area (Å²) < 4.78 is 18.4. The second-order valence-electron chi connectivity index (χ2n) is 4.65. The molecule has 1 aliphatic rings. The molecule has 1 aromatic carbocycles. The number of carbonyl (C=O) groups is 1. The number of benzene rings is 1. The molecule has 1 aromatic rings. The van der Waals surface area contributed by atoms with Crippen LogP contribution in [0.3, 0.4) is 0 Å². The van der Waals surface area contributed by atoms with Crippen LogP contribution >= 0.6 is 0 Å². The van der Waals surface area contributed by atoms with E-state index in [2.05, 4.69) is 0 Å². The third-order valence-electron chi connectivity index (χ3n) is 3.32. The lowest BCUT2D eigenvalue weighted by molar-refractivity contribution is -0.124. The van der Waals surface area contributed by atoms with Crippen LogP contribution in [0.1, 0.15) is 31.2 Å². The van der Waals surface area contributed by atoms with Crippen molar-refractivity contribution in [1.82, 2.24) is 0 Å². The van der Waals surface area contributed by atoms with Crippen molar-refractivity contribution in [2.75, 3.05) is 6.61 Å². The maximum absolute atomic E-state index is 13.0. The summed E-state index contributed by atoms with van der Waals surface area (Å²) in [5.74, 6) is 0.663. The predicted octanol–water partition coefficient (Wildman–Crippen LogP) is 3.27. The molecule has 0 amide bonds. The van der Waals surface area contributed by atoms with E-state index in [4.69, 9.17) is 4.74 Å². The molecule has 0 unspecified atom stereocenters. The molecule has 0 saturated heterocycles. The molecule has 3 heteroatoms. The molecule has 0 bridgehead atoms. The van der Waals surface area contributed by atoms with E-state index < -0.39 is 0 Å². The minimum Gasteiger partial charge on any atom is -0.486 e. The van der Waals surface area contributed by atoms with Gasteiger partial charge in [-0.3, -0.25) is 4.79 Å². The number of halogens is 1. The molecule has 0 N–H and O–H groups in total. The minimum absolute atomic E-state index is 0.107. The second-order valence-corrected chi connectivity index (χ2v) is 4.65. The zero-order valence-corrected chi connectivity index (χ0v) is 10.0. The number of Topliss-reactive ketones (excluding diaryl/α,β-unsaturated/α-hetero) is 1. The van der Waals surface area contributed by atoms with Gasteiger partial charge in [-0.1, -0.05) is 12.8 Å². The van der Waals surface area contributed by atoms with Gasteiger partial charge in [0, 0.05) is 5.92 Å². The summed E-state index contributed by atoms with van der Waals surface area (Å²) in [5.41, 5.74) is 0.538. The van der Waals surface area contributed by atoms with E-state index in [1.807, 2.05) is 0 Å². The van der Waals surface area contributed by atoms with E-state index >= 15 is 0 Å². The largest absolute Gasteiger partial charge is 0.486 e. The lowest BCUT2D eigenvalue weighted by Crippen LogP contribution is -2.19. The van der Waals surface area contributed by atoms with Crippen LogP contribution in [0.5, 0.6) is 5.75 Å². The van der Waals surface area contributed by atoms with Crippen molar-refractivity contribution >= 4 is 5.78 Å². The molecule has 0 spiro atoms. The quantitative estimate of drug-likeness (QED) is 0.802. The standard InChI is InChI=1S/C14H17FO2/c1-10-8-12(6-7-13(10)15)17-9-14(16)11-4-2-3-5-11/h6-8,11H,2-5,9H2,1H3. The highest BCUT2D eigenvalue weighted by atomic mass is 19.1. The molecule has 1 aliphatic carbocycles. The van der Waals surface area contributed by atoms with Gasteiger partial charge in [-0.15, -0.1) is 0 Å². The lowest BCUT2D eigenvalue weighted by atomic mass is 10.0. The number of hydrogen-bond donors (Lipinski definition) is 0. The Hall–Kier alpha value is -1.38. The fraction of sp³-hybridized carbons (Fsp3) is 0.500. The average Bonchev–Trinajstić information content (AvgIpc) is 2.84. The van der Waals surface area contributed by atoms with Gasteiger partial charge in [-0.2, -0.15) is 0 Å². The van der Waals surface area contributed by atoms with E-state index in [0.717, 1.165) is 25.7 Å². The Morgan fingerprint density at radius 2 is 2.12 bits per heavy atom. The average molecular weight is 236 g/mol. The molecule has 0 aliphatic heterocycles. The van der Waals surface area contributed by atoms with Crippen LogP contribution in [0.15, 0.2) is 18.2 Å². The van der Waals surface area contributed by atoms with E-state index in [9.17, 15) is 9.18 Å². The highest BCUT2D eigenvalue weighted by Gasteiger charge is 2.22. The van der Waals surface area contributed by atoms with Gasteiger partial charge in [0.1, 0.15) is 18.2 Å². The number of aryl methyl sites for hydroxylation is 1. The summed E-state index contributed by atoms with van der Waals surface area (Å²) in [4.78, 5) is 11.8. The highest BCUT2D eigenvalue weighted by Crippen LogP contribution is 2.25. The van der Waals surface area contributed by atoms with Crippen LogP contribution < -0.4 is 4.74 Å². The zero-order chi connectivity index (χ0) is 12.3. The highest BCUT2D eigenvalue weighted by molar-refractivity contribution is 5.82. The first-order valence-electron chi connectivity index (χ1n) is 6.08. The number of hydrogen-bond acceptors (Lipinski definition) is 2. The van der Waals surface area contributed by atoms with Gasteiger partial charge in [0.2, 0.25) is 0 Å². The third kappa shape index (κ3) is 3.05. The smallest absolute Gasteiger partial charge is 0.173 e. The lowest BCUT2D eigenvalue weighted by Gasteiger charge is -2.10. The van der Waals surface area contributed by atoms with Crippen molar-refractivity contribution < 1.29 is 13.9 Å². The van der Waals surface area contributed by atoms with Gasteiger partial charge in [0.05, 0.1) is 0 Å². The van der Waals surface area contributed by atoms with Gasteiger partial charge >= 0.3 is 0 Å². The molecule has 0 radical (unpaired) electrons. The van der Waals surface area contributed by atoms with E-state index in [1.165, 1.54) is 6.07 Å². The number of carbonyl (C=O) groups excluding carboxylic acids is 1. The first-order valence-corrected chi connectivity index (χ1v) is 6.08. The summed E-state index contributed by atoms with van der Waals surface area (Å²) in [7, 11) is 0. The third-order valence-corrected chi connectivity index (χ3v) is 3.32. The fourth-order valence-corrected chi connectivity index (χ4v) is 2.23. The second kappa shape index (κ2) is 5.30. The molecule has 2 rings (SSSR count). The van der Waals surface area contributed by atoms with Crippen LogP contribution in [-0.2, 0) is 4.79 Å². The molecule has 1 saturated carbocycles. The zero-order valence-electron chi connectivity index (χ0n) is 10.0. The van der Waals surface area contributed by atoms with Crippen LogP contribution in [0, 0.1) is 18.7 Å². The van der Waals surface area contributed by atoms with Crippen molar-refractivity contribution in [3.63, 3.8) is 0 Å². The maximum Gasteiger partial charge on any atom is 0.173 e. The molecule has 1 fully saturated rings. The summed E-state index contributed by atoms with van der Waals surface area (Å²) in [5, 5.41) is 0. The van der Waals surface area contributed by atoms with Crippen LogP contribution in [0.4, 0.5) is 4.39 Å². The monoisotopic (exact) mass is 236 g/mol. The molecule has 0 atom stereocenters. The molecule has 17 heavy (non-hydrogen) atoms. The Kier molecular flexibility index (Phi) is 3.77. The summed E-state index contributed by atoms with van der Waals surface area (Å²) in [6.07, 6.45) is 4.27. The Bertz CT molecular complexity index is 409. The Morgan fingerprint density at radius 1 is 1.41 bits per heavy atom. The Labute approximate surface area is 101 Å². The summed E-state index contributed by atoms with van der Waals surface area (Å²) in [6.45, 7) is 1.79. The van der Waals surface area contributed by atoms with Crippen molar-refractivity contribution in [3.05, 3.63) is 29.6 Å². The topological polar surface area (TPSA) is 26.3 Å². The Balaban J connectivity index is 1.88. The Morgan fingerprint density at radius 3 is 2.76 bits per heavy atom. The van der Waals surface area contributed by atoms with E-state index in [-0.39, 0.29) is 24.1 Å². The van der Waals surface area contributed by atoms with Crippen molar-refractivity contribution in [3.8, 4) is 5.75 Å². The van der Waals surface area contributed by atoms with Gasteiger partial charge in [0.15, 0.2) is 5.78 Å². The van der Waals surface area contributed by atoms with Crippen molar-refractivity contribution in [2.45, 2.75) is 32.6 Å². The number of ketones is 1. The molecule has 92 valence electrons. The molecule has 0 aromatic heterocycles. The van der Waals surface area contributed by atoms with Crippen molar-refractivity contribution in [1.29, 1.82) is 0 Å². The predicted molar refractivity (Wildman–Crippen MR) is 63.6 cm³/mol. The van der Waals surface area contributed by atoms with Crippen LogP contribution in [0.25, 0.3) is 0 Å². The minimum atomic E-state index is -0.250. The van der Waals surface area contributed by atoms with E-state index in [0.29, 0.717) is 11.3 Å². The molecule has 0 heterocycles. The number of rotatable bonds is 4. The van der Waals surface area contributed by atoms with Gasteiger partial charge in [-0.05, 0) is 43.5 Å². The SMILES string of the molecule is Cc1cc(OCC(=O)C2CCCC2)ccc1F. The maximum atomic E-state index is 13.0. The van der Waals surface area contributed by atoms with Gasteiger partial charge in [0.25, 0.3) is 0 Å². The summed E-state index contributed by atoms with van der Waals surface area (Å²) in [6, 6.07) is 4.55. The molecular formula is C14H17FO2. The van der Waals surface area contributed by atoms with Gasteiger partial charge in [-0.25, -0.2) is 4.39 Å². The number of ether oxygens (including phenoxy) is 1. The van der Waals surface area contributed by atoms with Crippen LogP contribution in [0.2, 0.25) is 0 Å². The van der Waals surface area contributed by atoms with Gasteiger partial charge < -0.3 is 4.74 Å². The van der Waals surface area contributed by atoms with Crippen LogP contribution in [-0.4, -0.2) is 12.4 Å². The van der Waals surface area contributed by atoms with E-state index in [1.54, 1.807) is 19.1 Å². The first-order chi connectivity index (χ1) is 8.16. The normalized spacial score (nSPS) is 16.1. The van der Waals surface area contributed by atoms with Crippen molar-refractivity contribution in [2.24, 2.45) is 5.92 Å². The fourth-order valence-electron chi connectivity index (χ4n) is 2.23.